The van der Waals surface area contributed by atoms with E-state index in [4.69, 9.17) is 27.9 Å². The molecule has 0 aliphatic carbocycles. The maximum atomic E-state index is 12.5. The fraction of sp³-hybridized carbons (Fsp3) is 0.111. The van der Waals surface area contributed by atoms with Gasteiger partial charge in [0.25, 0.3) is 0 Å². The summed E-state index contributed by atoms with van der Waals surface area (Å²) in [6.07, 6.45) is 3.04. The van der Waals surface area contributed by atoms with Crippen molar-refractivity contribution in [2.75, 3.05) is 7.11 Å². The minimum Gasteiger partial charge on any atom is -0.495 e. The van der Waals surface area contributed by atoms with Crippen LogP contribution in [0.5, 0.6) is 5.75 Å². The number of hydrogen-bond acceptors (Lipinski definition) is 3. The lowest BCUT2D eigenvalue weighted by atomic mass is 10.2. The van der Waals surface area contributed by atoms with Gasteiger partial charge in [0.15, 0.2) is 0 Å². The zero-order valence-electron chi connectivity index (χ0n) is 13.3. The van der Waals surface area contributed by atoms with Crippen molar-refractivity contribution in [2.45, 2.75) is 6.54 Å². The maximum absolute atomic E-state index is 12.5. The van der Waals surface area contributed by atoms with Crippen molar-refractivity contribution in [3.63, 3.8) is 0 Å². The smallest absolute Gasteiger partial charge is 0.321 e. The van der Waals surface area contributed by atoms with E-state index in [0.29, 0.717) is 21.5 Å². The van der Waals surface area contributed by atoms with E-state index in [2.05, 4.69) is 0 Å². The number of rotatable bonds is 4. The van der Waals surface area contributed by atoms with Gasteiger partial charge in [0, 0.05) is 22.4 Å². The molecular formula is C18H14Cl2N2O3. The van der Waals surface area contributed by atoms with Gasteiger partial charge < -0.3 is 9.30 Å². The van der Waals surface area contributed by atoms with Crippen LogP contribution in [0, 0.1) is 0 Å². The van der Waals surface area contributed by atoms with Gasteiger partial charge in [-0.3, -0.25) is 14.2 Å². The van der Waals surface area contributed by atoms with Crippen LogP contribution < -0.4 is 15.9 Å². The molecule has 0 amide bonds. The third-order valence-corrected chi connectivity index (χ3v) is 4.36. The zero-order valence-corrected chi connectivity index (χ0v) is 14.8. The second-order valence-corrected chi connectivity index (χ2v) is 6.16. The molecule has 0 saturated carbocycles. The van der Waals surface area contributed by atoms with Crippen molar-refractivity contribution < 1.29 is 4.74 Å². The highest BCUT2D eigenvalue weighted by Gasteiger charge is 2.12. The van der Waals surface area contributed by atoms with Crippen LogP contribution in [0.4, 0.5) is 0 Å². The Morgan fingerprint density at radius 1 is 1.00 bits per heavy atom. The first-order valence-electron chi connectivity index (χ1n) is 7.40. The summed E-state index contributed by atoms with van der Waals surface area (Å²) in [5, 5.41) is 0.970. The van der Waals surface area contributed by atoms with Crippen LogP contribution in [-0.2, 0) is 6.54 Å². The normalized spacial score (nSPS) is 10.7. The SMILES string of the molecule is COc1ccc(Cl)cc1-n1ccn(Cc2ccccc2Cl)c(=O)c1=O. The Hall–Kier alpha value is -2.50. The molecule has 0 radical (unpaired) electrons. The Labute approximate surface area is 153 Å². The highest BCUT2D eigenvalue weighted by molar-refractivity contribution is 6.31. The lowest BCUT2D eigenvalue weighted by Crippen LogP contribution is -2.40. The van der Waals surface area contributed by atoms with Crippen LogP contribution in [0.3, 0.4) is 0 Å². The fourth-order valence-corrected chi connectivity index (χ4v) is 2.85. The molecule has 5 nitrogen and oxygen atoms in total. The van der Waals surface area contributed by atoms with E-state index in [1.165, 1.54) is 28.6 Å². The van der Waals surface area contributed by atoms with Gasteiger partial charge >= 0.3 is 11.1 Å². The van der Waals surface area contributed by atoms with Crippen LogP contribution in [0.15, 0.2) is 64.4 Å². The predicted octanol–water partition coefficient (Wildman–Crippen LogP) is 3.36. The Bertz CT molecular complexity index is 1040. The molecule has 0 unspecified atom stereocenters. The van der Waals surface area contributed by atoms with E-state index in [0.717, 1.165) is 5.56 Å². The third-order valence-electron chi connectivity index (χ3n) is 3.76. The molecule has 25 heavy (non-hydrogen) atoms. The van der Waals surface area contributed by atoms with Crippen LogP contribution in [0.1, 0.15) is 5.56 Å². The predicted molar refractivity (Wildman–Crippen MR) is 98.4 cm³/mol. The molecule has 0 atom stereocenters. The summed E-state index contributed by atoms with van der Waals surface area (Å²) >= 11 is 12.1. The third kappa shape index (κ3) is 3.48. The Morgan fingerprint density at radius 2 is 1.76 bits per heavy atom. The molecule has 1 heterocycles. The first-order chi connectivity index (χ1) is 12.0. The van der Waals surface area contributed by atoms with Crippen LogP contribution in [0.2, 0.25) is 10.0 Å². The molecule has 0 spiro atoms. The van der Waals surface area contributed by atoms with E-state index in [9.17, 15) is 9.59 Å². The lowest BCUT2D eigenvalue weighted by Gasteiger charge is -2.13. The van der Waals surface area contributed by atoms with Crippen molar-refractivity contribution in [3.05, 3.63) is 91.2 Å². The van der Waals surface area contributed by atoms with E-state index < -0.39 is 11.1 Å². The van der Waals surface area contributed by atoms with Crippen molar-refractivity contribution in [2.24, 2.45) is 0 Å². The summed E-state index contributed by atoms with van der Waals surface area (Å²) in [6, 6.07) is 12.0. The molecule has 0 aliphatic heterocycles. The van der Waals surface area contributed by atoms with Gasteiger partial charge in [0.1, 0.15) is 5.75 Å². The molecule has 128 valence electrons. The van der Waals surface area contributed by atoms with E-state index >= 15 is 0 Å². The Balaban J connectivity index is 2.08. The lowest BCUT2D eigenvalue weighted by molar-refractivity contribution is 0.412. The first kappa shape index (κ1) is 17.3. The molecule has 0 bridgehead atoms. The van der Waals surface area contributed by atoms with E-state index in [-0.39, 0.29) is 6.54 Å². The quantitative estimate of drug-likeness (QED) is 0.656. The first-order valence-corrected chi connectivity index (χ1v) is 8.16. The second-order valence-electron chi connectivity index (χ2n) is 5.31. The van der Waals surface area contributed by atoms with Crippen LogP contribution in [0.25, 0.3) is 5.69 Å². The van der Waals surface area contributed by atoms with Crippen molar-refractivity contribution in [1.29, 1.82) is 0 Å². The Morgan fingerprint density at radius 3 is 2.48 bits per heavy atom. The molecule has 3 aromatic rings. The van der Waals surface area contributed by atoms with Gasteiger partial charge in [0.2, 0.25) is 0 Å². The number of halogens is 2. The molecule has 1 aromatic heterocycles. The van der Waals surface area contributed by atoms with Gasteiger partial charge in [-0.05, 0) is 29.8 Å². The van der Waals surface area contributed by atoms with Crippen LogP contribution in [-0.4, -0.2) is 16.2 Å². The Kier molecular flexibility index (Phi) is 4.97. The van der Waals surface area contributed by atoms with Crippen molar-refractivity contribution in [1.82, 2.24) is 9.13 Å². The van der Waals surface area contributed by atoms with E-state index in [1.807, 2.05) is 6.07 Å². The highest BCUT2D eigenvalue weighted by Crippen LogP contribution is 2.25. The molecule has 0 saturated heterocycles. The molecule has 0 aliphatic rings. The molecular weight excluding hydrogens is 363 g/mol. The summed E-state index contributed by atoms with van der Waals surface area (Å²) < 4.78 is 7.78. The minimum absolute atomic E-state index is 0.210. The van der Waals surface area contributed by atoms with E-state index in [1.54, 1.807) is 36.4 Å². The molecule has 0 fully saturated rings. The topological polar surface area (TPSA) is 53.2 Å². The van der Waals surface area contributed by atoms with Gasteiger partial charge in [-0.25, -0.2) is 0 Å². The van der Waals surface area contributed by atoms with Crippen molar-refractivity contribution >= 4 is 23.2 Å². The number of hydrogen-bond donors (Lipinski definition) is 0. The zero-order chi connectivity index (χ0) is 18.0. The average Bonchev–Trinajstić information content (AvgIpc) is 2.61. The molecule has 3 rings (SSSR count). The van der Waals surface area contributed by atoms with Gasteiger partial charge in [-0.2, -0.15) is 0 Å². The summed E-state index contributed by atoms with van der Waals surface area (Å²) in [5.41, 5.74) is -0.203. The summed E-state index contributed by atoms with van der Waals surface area (Å²) in [5.74, 6) is 0.440. The number of benzene rings is 2. The summed E-state index contributed by atoms with van der Waals surface area (Å²) in [6.45, 7) is 0.210. The standard InChI is InChI=1S/C18H14Cl2N2O3/c1-25-16-7-6-13(19)10-15(16)22-9-8-21(17(23)18(22)24)11-12-4-2-3-5-14(12)20/h2-10H,11H2,1H3. The largest absolute Gasteiger partial charge is 0.495 e. The highest BCUT2D eigenvalue weighted by atomic mass is 35.5. The van der Waals surface area contributed by atoms with Gasteiger partial charge in [-0.15, -0.1) is 0 Å². The molecule has 7 heteroatoms. The summed E-state index contributed by atoms with van der Waals surface area (Å²) in [7, 11) is 1.48. The average molecular weight is 377 g/mol. The minimum atomic E-state index is -0.699. The second kappa shape index (κ2) is 7.17. The molecule has 2 aromatic carbocycles. The van der Waals surface area contributed by atoms with Gasteiger partial charge in [0.05, 0.1) is 19.3 Å². The van der Waals surface area contributed by atoms with Gasteiger partial charge in [-0.1, -0.05) is 41.4 Å². The number of methoxy groups -OCH3 is 1. The fourth-order valence-electron chi connectivity index (χ4n) is 2.48. The van der Waals surface area contributed by atoms with Crippen LogP contribution >= 0.6 is 23.2 Å². The number of ether oxygens (including phenoxy) is 1. The number of aromatic nitrogens is 2. The van der Waals surface area contributed by atoms with Crippen molar-refractivity contribution in [3.8, 4) is 11.4 Å². The maximum Gasteiger partial charge on any atom is 0.321 e. The monoisotopic (exact) mass is 376 g/mol. The molecule has 0 N–H and O–H groups in total. The summed E-state index contributed by atoms with van der Waals surface area (Å²) in [4.78, 5) is 25.0. The number of nitrogens with zero attached hydrogens (tertiary/aromatic N) is 2.